The predicted molar refractivity (Wildman–Crippen MR) is 81.7 cm³/mol. The minimum absolute atomic E-state index is 0.0355. The van der Waals surface area contributed by atoms with Gasteiger partial charge in [-0.25, -0.2) is 4.39 Å². The number of benzene rings is 2. The SMILES string of the molecule is CCNc1cc(N(C)c2ccccc2F)cc([N+](=O)[O-])c1. The maximum absolute atomic E-state index is 13.8. The molecule has 0 fully saturated rings. The number of non-ortho nitro benzene ring substituents is 1. The van der Waals surface area contributed by atoms with Crippen LogP contribution in [0.2, 0.25) is 0 Å². The highest BCUT2D eigenvalue weighted by molar-refractivity contribution is 5.70. The quantitative estimate of drug-likeness (QED) is 0.669. The third kappa shape index (κ3) is 3.28. The van der Waals surface area contributed by atoms with Crippen molar-refractivity contribution in [1.82, 2.24) is 0 Å². The van der Waals surface area contributed by atoms with Crippen LogP contribution in [-0.2, 0) is 0 Å². The van der Waals surface area contributed by atoms with E-state index in [-0.39, 0.29) is 11.5 Å². The van der Waals surface area contributed by atoms with Gasteiger partial charge in [0.15, 0.2) is 0 Å². The van der Waals surface area contributed by atoms with Gasteiger partial charge in [-0.3, -0.25) is 10.1 Å². The molecule has 2 aromatic rings. The molecule has 0 saturated carbocycles. The van der Waals surface area contributed by atoms with Crippen LogP contribution in [0.5, 0.6) is 0 Å². The summed E-state index contributed by atoms with van der Waals surface area (Å²) in [5, 5.41) is 14.1. The van der Waals surface area contributed by atoms with E-state index in [0.717, 1.165) is 0 Å². The zero-order chi connectivity index (χ0) is 15.4. The molecule has 0 unspecified atom stereocenters. The lowest BCUT2D eigenvalue weighted by Gasteiger charge is -2.20. The summed E-state index contributed by atoms with van der Waals surface area (Å²) in [6.45, 7) is 2.54. The minimum atomic E-state index is -0.459. The lowest BCUT2D eigenvalue weighted by molar-refractivity contribution is -0.384. The highest BCUT2D eigenvalue weighted by Crippen LogP contribution is 2.31. The van der Waals surface area contributed by atoms with Gasteiger partial charge in [-0.2, -0.15) is 0 Å². The Bertz CT molecular complexity index is 661. The monoisotopic (exact) mass is 289 g/mol. The molecule has 21 heavy (non-hydrogen) atoms. The van der Waals surface area contributed by atoms with Crippen LogP contribution in [0.3, 0.4) is 0 Å². The highest BCUT2D eigenvalue weighted by Gasteiger charge is 2.15. The Morgan fingerprint density at radius 2 is 2.00 bits per heavy atom. The molecular weight excluding hydrogens is 273 g/mol. The summed E-state index contributed by atoms with van der Waals surface area (Å²) in [6.07, 6.45) is 0. The van der Waals surface area contributed by atoms with Gasteiger partial charge in [-0.05, 0) is 25.1 Å². The van der Waals surface area contributed by atoms with E-state index in [1.54, 1.807) is 36.2 Å². The Balaban J connectivity index is 2.47. The number of para-hydroxylation sites is 1. The van der Waals surface area contributed by atoms with Gasteiger partial charge in [0.1, 0.15) is 5.82 Å². The number of hydrogen-bond donors (Lipinski definition) is 1. The van der Waals surface area contributed by atoms with Crippen molar-refractivity contribution in [3.05, 3.63) is 58.4 Å². The predicted octanol–water partition coefficient (Wildman–Crippen LogP) is 3.93. The van der Waals surface area contributed by atoms with Gasteiger partial charge in [-0.1, -0.05) is 12.1 Å². The molecule has 0 aliphatic rings. The normalized spacial score (nSPS) is 10.2. The van der Waals surface area contributed by atoms with Crippen LogP contribution in [0, 0.1) is 15.9 Å². The van der Waals surface area contributed by atoms with Crippen LogP contribution in [0.1, 0.15) is 6.92 Å². The highest BCUT2D eigenvalue weighted by atomic mass is 19.1. The fourth-order valence-corrected chi connectivity index (χ4v) is 2.06. The molecule has 0 spiro atoms. The van der Waals surface area contributed by atoms with Gasteiger partial charge < -0.3 is 10.2 Å². The number of rotatable bonds is 5. The maximum atomic E-state index is 13.8. The summed E-state index contributed by atoms with van der Waals surface area (Å²) in [7, 11) is 1.67. The van der Waals surface area contributed by atoms with Crippen LogP contribution < -0.4 is 10.2 Å². The number of nitrogens with zero attached hydrogens (tertiary/aromatic N) is 2. The molecule has 0 aliphatic carbocycles. The smallest absolute Gasteiger partial charge is 0.273 e. The molecule has 2 aromatic carbocycles. The molecule has 0 bridgehead atoms. The van der Waals surface area contributed by atoms with E-state index < -0.39 is 4.92 Å². The third-order valence-electron chi connectivity index (χ3n) is 3.10. The van der Waals surface area contributed by atoms with Crippen molar-refractivity contribution in [3.63, 3.8) is 0 Å². The van der Waals surface area contributed by atoms with E-state index in [1.165, 1.54) is 18.2 Å². The summed E-state index contributed by atoms with van der Waals surface area (Å²) in [5.41, 5.74) is 1.50. The van der Waals surface area contributed by atoms with Crippen molar-refractivity contribution in [2.75, 3.05) is 23.8 Å². The molecule has 0 amide bonds. The zero-order valence-electron chi connectivity index (χ0n) is 11.8. The standard InChI is InChI=1S/C15H16FN3O2/c1-3-17-11-8-12(10-13(9-11)19(20)21)18(2)15-7-5-4-6-14(15)16/h4-10,17H,3H2,1-2H3. The fourth-order valence-electron chi connectivity index (χ4n) is 2.06. The van der Waals surface area contributed by atoms with Crippen LogP contribution in [0.25, 0.3) is 0 Å². The molecule has 2 rings (SSSR count). The molecule has 0 atom stereocenters. The first-order chi connectivity index (χ1) is 10.0. The number of nitro groups is 1. The average Bonchev–Trinajstić information content (AvgIpc) is 2.47. The van der Waals surface area contributed by atoms with E-state index in [9.17, 15) is 14.5 Å². The summed E-state index contributed by atoms with van der Waals surface area (Å²) in [6, 6.07) is 10.9. The first-order valence-electron chi connectivity index (χ1n) is 6.54. The fraction of sp³-hybridized carbons (Fsp3) is 0.200. The van der Waals surface area contributed by atoms with Gasteiger partial charge in [0.2, 0.25) is 0 Å². The largest absolute Gasteiger partial charge is 0.385 e. The average molecular weight is 289 g/mol. The summed E-state index contributed by atoms with van der Waals surface area (Å²) < 4.78 is 13.8. The number of anilines is 3. The Morgan fingerprint density at radius 3 is 2.62 bits per heavy atom. The van der Waals surface area contributed by atoms with Crippen LogP contribution >= 0.6 is 0 Å². The third-order valence-corrected chi connectivity index (χ3v) is 3.10. The lowest BCUT2D eigenvalue weighted by atomic mass is 10.2. The van der Waals surface area contributed by atoms with Crippen molar-refractivity contribution in [1.29, 1.82) is 0 Å². The van der Waals surface area contributed by atoms with Gasteiger partial charge in [-0.15, -0.1) is 0 Å². The van der Waals surface area contributed by atoms with Crippen molar-refractivity contribution in [2.24, 2.45) is 0 Å². The molecule has 110 valence electrons. The summed E-state index contributed by atoms with van der Waals surface area (Å²) >= 11 is 0. The molecular formula is C15H16FN3O2. The first-order valence-corrected chi connectivity index (χ1v) is 6.54. The Kier molecular flexibility index (Phi) is 4.37. The number of hydrogen-bond acceptors (Lipinski definition) is 4. The second-order valence-electron chi connectivity index (χ2n) is 4.54. The van der Waals surface area contributed by atoms with Gasteiger partial charge in [0, 0.05) is 37.1 Å². The summed E-state index contributed by atoms with van der Waals surface area (Å²) in [5.74, 6) is -0.378. The Morgan fingerprint density at radius 1 is 1.29 bits per heavy atom. The minimum Gasteiger partial charge on any atom is -0.385 e. The molecule has 0 heterocycles. The zero-order valence-corrected chi connectivity index (χ0v) is 11.8. The number of nitrogens with one attached hydrogen (secondary N) is 1. The van der Waals surface area contributed by atoms with E-state index in [0.29, 0.717) is 23.6 Å². The summed E-state index contributed by atoms with van der Waals surface area (Å²) in [4.78, 5) is 12.1. The van der Waals surface area contributed by atoms with Crippen molar-refractivity contribution < 1.29 is 9.31 Å². The second-order valence-corrected chi connectivity index (χ2v) is 4.54. The molecule has 5 nitrogen and oxygen atoms in total. The van der Waals surface area contributed by atoms with Gasteiger partial charge >= 0.3 is 0 Å². The van der Waals surface area contributed by atoms with Crippen LogP contribution in [0.15, 0.2) is 42.5 Å². The van der Waals surface area contributed by atoms with Crippen LogP contribution in [0.4, 0.5) is 27.1 Å². The molecule has 0 aliphatic heterocycles. The first kappa shape index (κ1) is 14.8. The van der Waals surface area contributed by atoms with Crippen molar-refractivity contribution in [2.45, 2.75) is 6.92 Å². The van der Waals surface area contributed by atoms with E-state index >= 15 is 0 Å². The lowest BCUT2D eigenvalue weighted by Crippen LogP contribution is -2.12. The molecule has 0 aromatic heterocycles. The Hall–Kier alpha value is -2.63. The van der Waals surface area contributed by atoms with Gasteiger partial charge in [0.25, 0.3) is 5.69 Å². The molecule has 0 radical (unpaired) electrons. The second kappa shape index (κ2) is 6.21. The number of nitro benzene ring substituents is 1. The number of halogens is 1. The van der Waals surface area contributed by atoms with E-state index in [4.69, 9.17) is 0 Å². The topological polar surface area (TPSA) is 58.4 Å². The van der Waals surface area contributed by atoms with Crippen molar-refractivity contribution >= 4 is 22.7 Å². The molecule has 1 N–H and O–H groups in total. The van der Waals surface area contributed by atoms with E-state index in [2.05, 4.69) is 5.32 Å². The van der Waals surface area contributed by atoms with E-state index in [1.807, 2.05) is 6.92 Å². The maximum Gasteiger partial charge on any atom is 0.273 e. The van der Waals surface area contributed by atoms with Crippen LogP contribution in [-0.4, -0.2) is 18.5 Å². The Labute approximate surface area is 122 Å². The van der Waals surface area contributed by atoms with Gasteiger partial charge in [0.05, 0.1) is 10.6 Å². The molecule has 6 heteroatoms. The molecule has 0 saturated heterocycles. The van der Waals surface area contributed by atoms with Crippen molar-refractivity contribution in [3.8, 4) is 0 Å².